The monoisotopic (exact) mass is 349 g/mol. The number of fused-ring (bicyclic) bond motifs is 1. The van der Waals surface area contributed by atoms with Crippen LogP contribution in [0.1, 0.15) is 0 Å². The lowest BCUT2D eigenvalue weighted by molar-refractivity contribution is 0.408. The Bertz CT molecular complexity index is 1130. The topological polar surface area (TPSA) is 63.1 Å². The van der Waals surface area contributed by atoms with Gasteiger partial charge in [-0.1, -0.05) is 36.4 Å². The summed E-state index contributed by atoms with van der Waals surface area (Å²) in [6.07, 6.45) is 0. The van der Waals surface area contributed by atoms with Crippen LogP contribution in [0, 0.1) is 4.77 Å². The molecular weight excluding hydrogens is 334 g/mol. The van der Waals surface area contributed by atoms with Crippen molar-refractivity contribution in [1.29, 1.82) is 0 Å². The van der Waals surface area contributed by atoms with Gasteiger partial charge in [-0.15, -0.1) is 0 Å². The van der Waals surface area contributed by atoms with Crippen molar-refractivity contribution in [2.24, 2.45) is 0 Å². The van der Waals surface area contributed by atoms with Crippen LogP contribution in [0.25, 0.3) is 27.8 Å². The maximum atomic E-state index is 10.4. The number of aromatic nitrogens is 3. The Morgan fingerprint density at radius 1 is 1.08 bits per heavy atom. The van der Waals surface area contributed by atoms with Crippen molar-refractivity contribution in [3.05, 3.63) is 65.4 Å². The van der Waals surface area contributed by atoms with Gasteiger partial charge < -0.3 is 9.84 Å². The zero-order valence-electron chi connectivity index (χ0n) is 13.4. The molecule has 3 aromatic carbocycles. The van der Waals surface area contributed by atoms with Gasteiger partial charge in [0.1, 0.15) is 11.5 Å². The smallest absolute Gasteiger partial charge is 0.200 e. The van der Waals surface area contributed by atoms with Gasteiger partial charge in [-0.25, -0.2) is 0 Å². The highest BCUT2D eigenvalue weighted by Crippen LogP contribution is 2.34. The standard InChI is InChI=1S/C19H15N3O2S/c1-24-13-9-10-15(17(23)11-13)18-20-21-19(25)22(18)16-8-4-6-12-5-2-3-7-14(12)16/h2-11,23H,1H3,(H,21,25). The number of phenols is 1. The van der Waals surface area contributed by atoms with E-state index in [1.54, 1.807) is 25.3 Å². The van der Waals surface area contributed by atoms with E-state index in [-0.39, 0.29) is 5.75 Å². The maximum Gasteiger partial charge on any atom is 0.200 e. The number of rotatable bonds is 3. The zero-order chi connectivity index (χ0) is 17.4. The van der Waals surface area contributed by atoms with Crippen LogP contribution in [-0.2, 0) is 0 Å². The lowest BCUT2D eigenvalue weighted by Gasteiger charge is -2.11. The van der Waals surface area contributed by atoms with E-state index in [4.69, 9.17) is 17.0 Å². The molecule has 0 unspecified atom stereocenters. The summed E-state index contributed by atoms with van der Waals surface area (Å²) >= 11 is 5.45. The molecular formula is C19H15N3O2S. The van der Waals surface area contributed by atoms with E-state index in [9.17, 15) is 5.11 Å². The lowest BCUT2D eigenvalue weighted by atomic mass is 10.1. The second-order valence-electron chi connectivity index (χ2n) is 5.57. The Balaban J connectivity index is 1.99. The maximum absolute atomic E-state index is 10.4. The van der Waals surface area contributed by atoms with Gasteiger partial charge in [-0.05, 0) is 35.8 Å². The first kappa shape index (κ1) is 15.4. The molecule has 0 atom stereocenters. The molecule has 2 N–H and O–H groups in total. The minimum absolute atomic E-state index is 0.0786. The normalized spacial score (nSPS) is 10.9. The number of phenolic OH excluding ortho intramolecular Hbond substituents is 1. The molecule has 0 spiro atoms. The van der Waals surface area contributed by atoms with E-state index in [1.807, 2.05) is 47.0 Å². The van der Waals surface area contributed by atoms with Crippen molar-refractivity contribution in [2.75, 3.05) is 7.11 Å². The fourth-order valence-corrected chi connectivity index (χ4v) is 3.16. The highest BCUT2D eigenvalue weighted by atomic mass is 32.1. The van der Waals surface area contributed by atoms with Crippen molar-refractivity contribution >= 4 is 23.0 Å². The SMILES string of the molecule is COc1ccc(-c2n[nH]c(=S)n2-c2cccc3ccccc23)c(O)c1. The summed E-state index contributed by atoms with van der Waals surface area (Å²) in [7, 11) is 1.56. The van der Waals surface area contributed by atoms with Crippen LogP contribution in [0.4, 0.5) is 0 Å². The molecule has 0 bridgehead atoms. The first-order valence-corrected chi connectivity index (χ1v) is 8.13. The summed E-state index contributed by atoms with van der Waals surface area (Å²) in [5, 5.41) is 19.7. The molecule has 5 nitrogen and oxygen atoms in total. The molecule has 4 rings (SSSR count). The van der Waals surface area contributed by atoms with Crippen LogP contribution < -0.4 is 4.74 Å². The number of hydrogen-bond acceptors (Lipinski definition) is 4. The number of hydrogen-bond donors (Lipinski definition) is 2. The molecule has 0 amide bonds. The van der Waals surface area contributed by atoms with Gasteiger partial charge in [-0.2, -0.15) is 5.10 Å². The molecule has 25 heavy (non-hydrogen) atoms. The first-order valence-electron chi connectivity index (χ1n) is 7.72. The summed E-state index contributed by atoms with van der Waals surface area (Å²) < 4.78 is 7.44. The van der Waals surface area contributed by atoms with Crippen molar-refractivity contribution in [1.82, 2.24) is 14.8 Å². The van der Waals surface area contributed by atoms with Gasteiger partial charge in [0.15, 0.2) is 10.6 Å². The van der Waals surface area contributed by atoms with Crippen LogP contribution in [0.2, 0.25) is 0 Å². The largest absolute Gasteiger partial charge is 0.507 e. The summed E-state index contributed by atoms with van der Waals surface area (Å²) in [5.41, 5.74) is 1.48. The second kappa shape index (κ2) is 6.07. The number of benzene rings is 3. The van der Waals surface area contributed by atoms with Crippen LogP contribution in [0.5, 0.6) is 11.5 Å². The second-order valence-corrected chi connectivity index (χ2v) is 5.96. The molecule has 0 aliphatic carbocycles. The third kappa shape index (κ3) is 2.56. The molecule has 0 fully saturated rings. The number of nitrogens with zero attached hydrogens (tertiary/aromatic N) is 2. The summed E-state index contributed by atoms with van der Waals surface area (Å²) in [6, 6.07) is 19.2. The molecule has 124 valence electrons. The molecule has 0 saturated carbocycles. The lowest BCUT2D eigenvalue weighted by Crippen LogP contribution is -1.99. The summed E-state index contributed by atoms with van der Waals surface area (Å²) in [5.74, 6) is 1.20. The number of ether oxygens (including phenoxy) is 1. The Morgan fingerprint density at radius 3 is 2.68 bits per heavy atom. The third-order valence-electron chi connectivity index (χ3n) is 4.13. The van der Waals surface area contributed by atoms with Crippen LogP contribution in [-0.4, -0.2) is 27.0 Å². The molecule has 4 aromatic rings. The minimum atomic E-state index is 0.0786. The summed E-state index contributed by atoms with van der Waals surface area (Å²) in [4.78, 5) is 0. The third-order valence-corrected chi connectivity index (χ3v) is 4.40. The molecule has 6 heteroatoms. The predicted octanol–water partition coefficient (Wildman–Crippen LogP) is 4.46. The van der Waals surface area contributed by atoms with Crippen molar-refractivity contribution in [2.45, 2.75) is 0 Å². The Kier molecular flexibility index (Phi) is 3.74. The van der Waals surface area contributed by atoms with E-state index in [0.29, 0.717) is 21.9 Å². The van der Waals surface area contributed by atoms with Gasteiger partial charge in [0.25, 0.3) is 0 Å². The Hall–Kier alpha value is -3.12. The van der Waals surface area contributed by atoms with E-state index in [2.05, 4.69) is 10.2 Å². The number of aromatic amines is 1. The van der Waals surface area contributed by atoms with Gasteiger partial charge in [0.2, 0.25) is 0 Å². The Labute approximate surface area is 149 Å². The number of H-pyrrole nitrogens is 1. The van der Waals surface area contributed by atoms with E-state index >= 15 is 0 Å². The number of aromatic hydroxyl groups is 1. The minimum Gasteiger partial charge on any atom is -0.507 e. The first-order chi connectivity index (χ1) is 12.2. The molecule has 1 aromatic heterocycles. The highest BCUT2D eigenvalue weighted by Gasteiger charge is 2.16. The molecule has 0 aliphatic rings. The van der Waals surface area contributed by atoms with Crippen molar-refractivity contribution in [3.8, 4) is 28.6 Å². The zero-order valence-corrected chi connectivity index (χ0v) is 14.2. The van der Waals surface area contributed by atoms with Crippen LogP contribution >= 0.6 is 12.2 Å². The van der Waals surface area contributed by atoms with Crippen molar-refractivity contribution in [3.63, 3.8) is 0 Å². The van der Waals surface area contributed by atoms with E-state index in [1.165, 1.54) is 0 Å². The average molecular weight is 349 g/mol. The van der Waals surface area contributed by atoms with Crippen molar-refractivity contribution < 1.29 is 9.84 Å². The molecule has 0 radical (unpaired) electrons. The predicted molar refractivity (Wildman–Crippen MR) is 99.9 cm³/mol. The quantitative estimate of drug-likeness (QED) is 0.536. The fourth-order valence-electron chi connectivity index (χ4n) is 2.93. The summed E-state index contributed by atoms with van der Waals surface area (Å²) in [6.45, 7) is 0. The van der Waals surface area contributed by atoms with E-state index in [0.717, 1.165) is 16.5 Å². The van der Waals surface area contributed by atoms with E-state index < -0.39 is 0 Å². The number of methoxy groups -OCH3 is 1. The van der Waals surface area contributed by atoms with Gasteiger partial charge in [-0.3, -0.25) is 9.67 Å². The molecule has 0 saturated heterocycles. The van der Waals surface area contributed by atoms with Gasteiger partial charge in [0, 0.05) is 11.5 Å². The van der Waals surface area contributed by atoms with Crippen LogP contribution in [0.3, 0.4) is 0 Å². The fraction of sp³-hybridized carbons (Fsp3) is 0.0526. The average Bonchev–Trinajstić information content (AvgIpc) is 3.02. The highest BCUT2D eigenvalue weighted by molar-refractivity contribution is 7.71. The Morgan fingerprint density at radius 2 is 1.88 bits per heavy atom. The van der Waals surface area contributed by atoms with Gasteiger partial charge in [0.05, 0.1) is 18.4 Å². The molecule has 0 aliphatic heterocycles. The number of nitrogens with one attached hydrogen (secondary N) is 1. The van der Waals surface area contributed by atoms with Crippen LogP contribution in [0.15, 0.2) is 60.7 Å². The van der Waals surface area contributed by atoms with Gasteiger partial charge >= 0.3 is 0 Å². The molecule has 1 heterocycles.